The summed E-state index contributed by atoms with van der Waals surface area (Å²) in [5.41, 5.74) is 0.423. The molecule has 1 aliphatic heterocycles. The van der Waals surface area contributed by atoms with E-state index in [2.05, 4.69) is 5.32 Å². The van der Waals surface area contributed by atoms with Gasteiger partial charge in [-0.15, -0.1) is 0 Å². The number of nitrogens with zero attached hydrogens (tertiary/aromatic N) is 1. The fourth-order valence-electron chi connectivity index (χ4n) is 2.77. The highest BCUT2D eigenvalue weighted by molar-refractivity contribution is 7.89. The van der Waals surface area contributed by atoms with E-state index in [0.717, 1.165) is 25.7 Å². The number of hydrogen-bond acceptors (Lipinski definition) is 4. The minimum atomic E-state index is -3.54. The van der Waals surface area contributed by atoms with Gasteiger partial charge in [-0.2, -0.15) is 4.31 Å². The molecule has 0 saturated carbocycles. The summed E-state index contributed by atoms with van der Waals surface area (Å²) in [6.07, 6.45) is 5.30. The van der Waals surface area contributed by atoms with E-state index in [4.69, 9.17) is 4.42 Å². The van der Waals surface area contributed by atoms with E-state index in [0.29, 0.717) is 18.8 Å². The lowest BCUT2D eigenvalue weighted by molar-refractivity contribution is 0.0996. The lowest BCUT2D eigenvalue weighted by Crippen LogP contribution is -2.32. The minimum Gasteiger partial charge on any atom is -0.459 e. The van der Waals surface area contributed by atoms with E-state index in [1.54, 1.807) is 30.3 Å². The normalized spacial score (nSPS) is 16.5. The highest BCUT2D eigenvalue weighted by Crippen LogP contribution is 2.23. The number of benzene rings is 1. The van der Waals surface area contributed by atoms with Gasteiger partial charge in [0.25, 0.3) is 5.91 Å². The van der Waals surface area contributed by atoms with Crippen LogP contribution in [0.4, 0.5) is 5.69 Å². The molecule has 3 rings (SSSR count). The van der Waals surface area contributed by atoms with Crippen LogP contribution in [0.25, 0.3) is 0 Å². The van der Waals surface area contributed by atoms with Crippen LogP contribution in [0.15, 0.2) is 52.0 Å². The van der Waals surface area contributed by atoms with Crippen LogP contribution >= 0.6 is 0 Å². The van der Waals surface area contributed by atoms with Crippen molar-refractivity contribution in [2.75, 3.05) is 18.4 Å². The number of anilines is 1. The Labute approximate surface area is 141 Å². The number of carbonyl (C=O) groups excluding carboxylic acids is 1. The fourth-order valence-corrected chi connectivity index (χ4v) is 4.33. The number of nitrogens with one attached hydrogen (secondary N) is 1. The molecule has 2 aromatic rings. The molecule has 1 aromatic heterocycles. The van der Waals surface area contributed by atoms with Crippen LogP contribution in [-0.4, -0.2) is 31.7 Å². The summed E-state index contributed by atoms with van der Waals surface area (Å²) >= 11 is 0. The quantitative estimate of drug-likeness (QED) is 0.921. The molecule has 1 saturated heterocycles. The molecule has 0 unspecified atom stereocenters. The second-order valence-electron chi connectivity index (χ2n) is 5.78. The molecule has 7 heteroatoms. The maximum atomic E-state index is 12.8. The predicted molar refractivity (Wildman–Crippen MR) is 90.3 cm³/mol. The Bertz CT molecular complexity index is 792. The Morgan fingerprint density at radius 2 is 1.79 bits per heavy atom. The minimum absolute atomic E-state index is 0.177. The third-order valence-corrected chi connectivity index (χ3v) is 5.93. The first-order valence-electron chi connectivity index (χ1n) is 8.02. The monoisotopic (exact) mass is 348 g/mol. The summed E-state index contributed by atoms with van der Waals surface area (Å²) in [7, 11) is -3.54. The second-order valence-corrected chi connectivity index (χ2v) is 7.72. The van der Waals surface area contributed by atoms with Crippen LogP contribution in [-0.2, 0) is 10.0 Å². The predicted octanol–water partition coefficient (Wildman–Crippen LogP) is 3.10. The van der Waals surface area contributed by atoms with Gasteiger partial charge in [0.1, 0.15) is 0 Å². The molecule has 2 heterocycles. The van der Waals surface area contributed by atoms with Gasteiger partial charge in [-0.1, -0.05) is 18.9 Å². The molecular weight excluding hydrogens is 328 g/mol. The zero-order chi connectivity index (χ0) is 17.0. The third kappa shape index (κ3) is 3.68. The average Bonchev–Trinajstić information content (AvgIpc) is 2.97. The van der Waals surface area contributed by atoms with Crippen molar-refractivity contribution < 1.29 is 17.6 Å². The van der Waals surface area contributed by atoms with Gasteiger partial charge >= 0.3 is 0 Å². The molecule has 0 bridgehead atoms. The Balaban J connectivity index is 1.80. The third-order valence-electron chi connectivity index (χ3n) is 4.04. The first-order chi connectivity index (χ1) is 11.6. The van der Waals surface area contributed by atoms with Gasteiger partial charge in [-0.25, -0.2) is 8.42 Å². The molecule has 1 aliphatic rings. The molecule has 24 heavy (non-hydrogen) atoms. The van der Waals surface area contributed by atoms with Crippen LogP contribution < -0.4 is 5.32 Å². The van der Waals surface area contributed by atoms with Crippen LogP contribution in [0.3, 0.4) is 0 Å². The number of furan rings is 1. The zero-order valence-electron chi connectivity index (χ0n) is 13.3. The maximum absolute atomic E-state index is 12.8. The maximum Gasteiger partial charge on any atom is 0.291 e. The lowest BCUT2D eigenvalue weighted by atomic mass is 10.2. The Morgan fingerprint density at radius 1 is 1.04 bits per heavy atom. The van der Waals surface area contributed by atoms with Gasteiger partial charge in [0.15, 0.2) is 5.76 Å². The van der Waals surface area contributed by atoms with Crippen molar-refractivity contribution in [3.8, 4) is 0 Å². The lowest BCUT2D eigenvalue weighted by Gasteiger charge is -2.20. The standard InChI is InChI=1S/C17H20N2O4S/c20-17(16-9-6-12-23-16)18-14-7-5-8-15(13-14)24(21,22)19-10-3-1-2-4-11-19/h5-9,12-13H,1-4,10-11H2,(H,18,20). The molecule has 128 valence electrons. The Hall–Kier alpha value is -2.12. The van der Waals surface area contributed by atoms with Gasteiger partial charge in [-0.05, 0) is 43.2 Å². The summed E-state index contributed by atoms with van der Waals surface area (Å²) < 4.78 is 32.2. The topological polar surface area (TPSA) is 79.6 Å². The van der Waals surface area contributed by atoms with E-state index in [1.807, 2.05) is 0 Å². The van der Waals surface area contributed by atoms with Crippen LogP contribution in [0.2, 0.25) is 0 Å². The van der Waals surface area contributed by atoms with Gasteiger partial charge < -0.3 is 9.73 Å². The van der Waals surface area contributed by atoms with E-state index in [-0.39, 0.29) is 10.7 Å². The Kier molecular flexibility index (Phi) is 5.01. The SMILES string of the molecule is O=C(Nc1cccc(S(=O)(=O)N2CCCCCC2)c1)c1ccco1. The molecule has 1 aromatic carbocycles. The summed E-state index contributed by atoms with van der Waals surface area (Å²) in [4.78, 5) is 12.2. The molecule has 0 aliphatic carbocycles. The first-order valence-corrected chi connectivity index (χ1v) is 9.46. The number of carbonyl (C=O) groups is 1. The average molecular weight is 348 g/mol. The highest BCUT2D eigenvalue weighted by Gasteiger charge is 2.25. The summed E-state index contributed by atoms with van der Waals surface area (Å²) in [6.45, 7) is 1.09. The van der Waals surface area contributed by atoms with Crippen molar-refractivity contribution in [3.05, 3.63) is 48.4 Å². The smallest absolute Gasteiger partial charge is 0.291 e. The number of hydrogen-bond donors (Lipinski definition) is 1. The summed E-state index contributed by atoms with van der Waals surface area (Å²) in [5.74, 6) is -0.236. The van der Waals surface area contributed by atoms with E-state index in [9.17, 15) is 13.2 Å². The van der Waals surface area contributed by atoms with Crippen LogP contribution in [0.1, 0.15) is 36.2 Å². The molecular formula is C17H20N2O4S. The van der Waals surface area contributed by atoms with Crippen molar-refractivity contribution >= 4 is 21.6 Å². The number of amides is 1. The van der Waals surface area contributed by atoms with Gasteiger partial charge in [0.05, 0.1) is 11.2 Å². The fraction of sp³-hybridized carbons (Fsp3) is 0.353. The van der Waals surface area contributed by atoms with E-state index >= 15 is 0 Å². The van der Waals surface area contributed by atoms with Crippen molar-refractivity contribution in [3.63, 3.8) is 0 Å². The number of rotatable bonds is 4. The molecule has 1 fully saturated rings. The first kappa shape index (κ1) is 16.7. The van der Waals surface area contributed by atoms with Gasteiger partial charge in [0.2, 0.25) is 10.0 Å². The van der Waals surface area contributed by atoms with Crippen LogP contribution in [0.5, 0.6) is 0 Å². The van der Waals surface area contributed by atoms with Crippen molar-refractivity contribution in [1.29, 1.82) is 0 Å². The van der Waals surface area contributed by atoms with Crippen LogP contribution in [0, 0.1) is 0 Å². The van der Waals surface area contributed by atoms with Crippen molar-refractivity contribution in [2.24, 2.45) is 0 Å². The van der Waals surface area contributed by atoms with Crippen molar-refractivity contribution in [2.45, 2.75) is 30.6 Å². The zero-order valence-corrected chi connectivity index (χ0v) is 14.1. The molecule has 0 atom stereocenters. The molecule has 0 radical (unpaired) electrons. The van der Waals surface area contributed by atoms with E-state index < -0.39 is 15.9 Å². The molecule has 1 N–H and O–H groups in total. The molecule has 1 amide bonds. The van der Waals surface area contributed by atoms with Crippen molar-refractivity contribution in [1.82, 2.24) is 4.31 Å². The summed E-state index contributed by atoms with van der Waals surface area (Å²) in [5, 5.41) is 2.66. The number of sulfonamides is 1. The summed E-state index contributed by atoms with van der Waals surface area (Å²) in [6, 6.07) is 9.50. The Morgan fingerprint density at radius 3 is 2.46 bits per heavy atom. The molecule has 0 spiro atoms. The largest absolute Gasteiger partial charge is 0.459 e. The van der Waals surface area contributed by atoms with Gasteiger partial charge in [0, 0.05) is 18.8 Å². The van der Waals surface area contributed by atoms with E-state index in [1.165, 1.54) is 16.6 Å². The second kappa shape index (κ2) is 7.19. The molecule has 6 nitrogen and oxygen atoms in total. The highest BCUT2D eigenvalue weighted by atomic mass is 32.2. The van der Waals surface area contributed by atoms with Gasteiger partial charge in [-0.3, -0.25) is 4.79 Å².